The fourth-order valence-corrected chi connectivity index (χ4v) is 1.58. The summed E-state index contributed by atoms with van der Waals surface area (Å²) in [5.41, 5.74) is 0.780. The summed E-state index contributed by atoms with van der Waals surface area (Å²) in [5, 5.41) is 0. The number of hydrogen-bond acceptors (Lipinski definition) is 2. The molecule has 0 aliphatic rings. The second kappa shape index (κ2) is 3.46. The van der Waals surface area contributed by atoms with Crippen LogP contribution in [0.2, 0.25) is 0 Å². The van der Waals surface area contributed by atoms with Crippen molar-refractivity contribution in [3.63, 3.8) is 0 Å². The molecule has 0 radical (unpaired) electrons. The summed E-state index contributed by atoms with van der Waals surface area (Å²) < 4.78 is 1.47. The van der Waals surface area contributed by atoms with E-state index >= 15 is 0 Å². The number of aromatic amines is 1. The summed E-state index contributed by atoms with van der Waals surface area (Å²) in [6.07, 6.45) is 2.33. The number of rotatable bonds is 2. The van der Waals surface area contributed by atoms with Crippen LogP contribution in [-0.4, -0.2) is 14.5 Å². The van der Waals surface area contributed by atoms with Gasteiger partial charge in [-0.15, -0.1) is 0 Å². The molecular weight excluding hydrogens is 202 g/mol. The van der Waals surface area contributed by atoms with Crippen molar-refractivity contribution in [3.8, 4) is 0 Å². The second-order valence-corrected chi connectivity index (χ2v) is 3.52. The highest BCUT2D eigenvalue weighted by molar-refractivity contribution is 6.19. The van der Waals surface area contributed by atoms with Crippen LogP contribution >= 0.6 is 11.6 Å². The highest BCUT2D eigenvalue weighted by Gasteiger charge is 2.12. The van der Waals surface area contributed by atoms with Crippen LogP contribution < -0.4 is 5.69 Å². The number of hydrogen-bond donors (Lipinski definition) is 1. The zero-order valence-electron chi connectivity index (χ0n) is 7.70. The molecule has 2 rings (SSSR count). The van der Waals surface area contributed by atoms with Gasteiger partial charge in [0.15, 0.2) is 5.65 Å². The number of nitrogens with one attached hydrogen (secondary N) is 1. The lowest BCUT2D eigenvalue weighted by Crippen LogP contribution is -2.18. The van der Waals surface area contributed by atoms with Gasteiger partial charge >= 0.3 is 5.69 Å². The molecule has 0 fully saturated rings. The number of nitrogens with zero attached hydrogens (tertiary/aromatic N) is 2. The van der Waals surface area contributed by atoms with E-state index in [1.54, 1.807) is 18.3 Å². The number of pyridine rings is 1. The van der Waals surface area contributed by atoms with Gasteiger partial charge in [-0.05, 0) is 18.6 Å². The Bertz CT molecular complexity index is 502. The Morgan fingerprint density at radius 3 is 3.21 bits per heavy atom. The predicted molar refractivity (Wildman–Crippen MR) is 55.5 cm³/mol. The number of halogens is 1. The van der Waals surface area contributed by atoms with Crippen LogP contribution in [-0.2, 0) is 0 Å². The van der Waals surface area contributed by atoms with Crippen LogP contribution in [0.1, 0.15) is 18.8 Å². The Morgan fingerprint density at radius 1 is 1.71 bits per heavy atom. The standard InChI is InChI=1S/C9H10ClN3O/c1-2-7(10)13-8-6(12-9(13)14)4-3-5-11-8/h3-5,7H,2H2,1H3,(H,12,14). The van der Waals surface area contributed by atoms with Crippen LogP contribution in [0.5, 0.6) is 0 Å². The van der Waals surface area contributed by atoms with Gasteiger partial charge in [0.2, 0.25) is 0 Å². The first-order chi connectivity index (χ1) is 6.74. The summed E-state index contributed by atoms with van der Waals surface area (Å²) in [7, 11) is 0. The average Bonchev–Trinajstić information content (AvgIpc) is 2.53. The summed E-state index contributed by atoms with van der Waals surface area (Å²) in [4.78, 5) is 18.3. The Labute approximate surface area is 85.5 Å². The van der Waals surface area contributed by atoms with Crippen molar-refractivity contribution in [2.75, 3.05) is 0 Å². The van der Waals surface area contributed by atoms with Crippen LogP contribution in [0, 0.1) is 0 Å². The number of alkyl halides is 1. The molecule has 0 aliphatic carbocycles. The molecule has 0 aliphatic heterocycles. The molecular formula is C9H10ClN3O. The monoisotopic (exact) mass is 211 g/mol. The van der Waals surface area contributed by atoms with Gasteiger partial charge in [0, 0.05) is 6.20 Å². The lowest BCUT2D eigenvalue weighted by atomic mass is 10.4. The number of fused-ring (bicyclic) bond motifs is 1. The zero-order chi connectivity index (χ0) is 10.1. The maximum Gasteiger partial charge on any atom is 0.328 e. The van der Waals surface area contributed by atoms with E-state index in [1.807, 2.05) is 6.92 Å². The molecule has 0 amide bonds. The van der Waals surface area contributed by atoms with E-state index in [1.165, 1.54) is 4.57 Å². The minimum absolute atomic E-state index is 0.208. The largest absolute Gasteiger partial charge is 0.328 e. The molecule has 0 saturated heterocycles. The zero-order valence-corrected chi connectivity index (χ0v) is 8.45. The van der Waals surface area contributed by atoms with Gasteiger partial charge in [-0.3, -0.25) is 4.57 Å². The molecule has 4 nitrogen and oxygen atoms in total. The van der Waals surface area contributed by atoms with Crippen molar-refractivity contribution in [2.45, 2.75) is 18.8 Å². The fourth-order valence-electron chi connectivity index (χ4n) is 1.40. The highest BCUT2D eigenvalue weighted by atomic mass is 35.5. The fraction of sp³-hybridized carbons (Fsp3) is 0.333. The molecule has 1 atom stereocenters. The van der Waals surface area contributed by atoms with Crippen molar-refractivity contribution in [2.24, 2.45) is 0 Å². The summed E-state index contributed by atoms with van der Waals surface area (Å²) in [6.45, 7) is 1.92. The minimum Gasteiger partial charge on any atom is -0.304 e. The number of aromatic nitrogens is 3. The third kappa shape index (κ3) is 1.32. The molecule has 14 heavy (non-hydrogen) atoms. The van der Waals surface area contributed by atoms with E-state index < -0.39 is 0 Å². The van der Waals surface area contributed by atoms with Crippen LogP contribution in [0.25, 0.3) is 11.2 Å². The molecule has 2 aromatic heterocycles. The normalized spacial score (nSPS) is 13.3. The van der Waals surface area contributed by atoms with E-state index in [0.29, 0.717) is 12.1 Å². The number of H-pyrrole nitrogens is 1. The van der Waals surface area contributed by atoms with Crippen LogP contribution in [0.3, 0.4) is 0 Å². The first-order valence-electron chi connectivity index (χ1n) is 4.43. The summed E-state index contributed by atoms with van der Waals surface area (Å²) in [5.74, 6) is 0. The smallest absolute Gasteiger partial charge is 0.304 e. The summed E-state index contributed by atoms with van der Waals surface area (Å²) in [6, 6.07) is 3.58. The molecule has 0 spiro atoms. The van der Waals surface area contributed by atoms with Gasteiger partial charge in [0.05, 0.1) is 5.52 Å². The molecule has 5 heteroatoms. The van der Waals surface area contributed by atoms with E-state index in [-0.39, 0.29) is 11.2 Å². The average molecular weight is 212 g/mol. The molecule has 1 N–H and O–H groups in total. The van der Waals surface area contributed by atoms with Gasteiger partial charge in [-0.25, -0.2) is 9.78 Å². The highest BCUT2D eigenvalue weighted by Crippen LogP contribution is 2.18. The maximum atomic E-state index is 11.5. The van der Waals surface area contributed by atoms with Crippen LogP contribution in [0.15, 0.2) is 23.1 Å². The van der Waals surface area contributed by atoms with Crippen molar-refractivity contribution in [1.82, 2.24) is 14.5 Å². The summed E-state index contributed by atoms with van der Waals surface area (Å²) >= 11 is 6.02. The van der Waals surface area contributed by atoms with Crippen LogP contribution in [0.4, 0.5) is 0 Å². The molecule has 74 valence electrons. The van der Waals surface area contributed by atoms with Gasteiger partial charge in [0.25, 0.3) is 0 Å². The van der Waals surface area contributed by atoms with Crippen molar-refractivity contribution in [1.29, 1.82) is 0 Å². The van der Waals surface area contributed by atoms with Gasteiger partial charge in [-0.2, -0.15) is 0 Å². The first kappa shape index (κ1) is 9.27. The van der Waals surface area contributed by atoms with E-state index in [2.05, 4.69) is 9.97 Å². The molecule has 0 saturated carbocycles. The molecule has 2 aromatic rings. The van der Waals surface area contributed by atoms with Crippen molar-refractivity contribution >= 4 is 22.8 Å². The molecule has 0 bridgehead atoms. The van der Waals surface area contributed by atoms with E-state index in [0.717, 1.165) is 5.52 Å². The SMILES string of the molecule is CCC(Cl)n1c(=O)[nH]c2cccnc21. The van der Waals surface area contributed by atoms with Gasteiger partial charge in [-0.1, -0.05) is 18.5 Å². The maximum absolute atomic E-state index is 11.5. The lowest BCUT2D eigenvalue weighted by Gasteiger charge is -2.06. The second-order valence-electron chi connectivity index (χ2n) is 3.02. The lowest BCUT2D eigenvalue weighted by molar-refractivity contribution is 0.638. The minimum atomic E-state index is -0.342. The predicted octanol–water partition coefficient (Wildman–Crippen LogP) is 1.87. The number of imidazole rings is 1. The Kier molecular flexibility index (Phi) is 2.29. The third-order valence-electron chi connectivity index (χ3n) is 2.09. The Morgan fingerprint density at radius 2 is 2.50 bits per heavy atom. The Hall–Kier alpha value is -1.29. The van der Waals surface area contributed by atoms with Gasteiger partial charge < -0.3 is 4.98 Å². The third-order valence-corrected chi connectivity index (χ3v) is 2.60. The topological polar surface area (TPSA) is 50.7 Å². The van der Waals surface area contributed by atoms with E-state index in [9.17, 15) is 4.79 Å². The van der Waals surface area contributed by atoms with E-state index in [4.69, 9.17) is 11.6 Å². The van der Waals surface area contributed by atoms with Crippen molar-refractivity contribution in [3.05, 3.63) is 28.8 Å². The van der Waals surface area contributed by atoms with Gasteiger partial charge in [0.1, 0.15) is 5.50 Å². The quantitative estimate of drug-likeness (QED) is 0.771. The molecule has 0 aromatic carbocycles. The molecule has 2 heterocycles. The molecule has 1 unspecified atom stereocenters. The van der Waals surface area contributed by atoms with Crippen molar-refractivity contribution < 1.29 is 0 Å². The first-order valence-corrected chi connectivity index (χ1v) is 4.87. The Balaban J connectivity index is 2.74.